The van der Waals surface area contributed by atoms with Crippen molar-refractivity contribution in [1.29, 1.82) is 0 Å². The van der Waals surface area contributed by atoms with Gasteiger partial charge in [-0.1, -0.05) is 11.2 Å². The lowest BCUT2D eigenvalue weighted by Gasteiger charge is -2.07. The highest BCUT2D eigenvalue weighted by atomic mass is 19.1. The molecule has 0 fully saturated rings. The second-order valence-corrected chi connectivity index (χ2v) is 6.00. The molecule has 126 valence electrons. The maximum Gasteiger partial charge on any atom is 0.328 e. The Bertz CT molecular complexity index is 1140. The summed E-state index contributed by atoms with van der Waals surface area (Å²) >= 11 is 0. The van der Waals surface area contributed by atoms with Crippen molar-refractivity contribution < 1.29 is 8.91 Å². The van der Waals surface area contributed by atoms with E-state index < -0.39 is 0 Å². The van der Waals surface area contributed by atoms with Gasteiger partial charge >= 0.3 is 5.69 Å². The van der Waals surface area contributed by atoms with Crippen LogP contribution in [0.15, 0.2) is 45.8 Å². The molecule has 0 unspecified atom stereocenters. The van der Waals surface area contributed by atoms with Crippen LogP contribution in [0.1, 0.15) is 17.0 Å². The standard InChI is InChI=1S/C18H15FN4O2/c1-10-5-13(19)3-4-15(10)12-7-16-17(20-8-12)21-18(24)23(16)9-14-6-11(2)25-22-14/h3-8H,9H2,1-2H3,(H,20,21,24). The number of rotatable bonds is 3. The summed E-state index contributed by atoms with van der Waals surface area (Å²) in [6, 6.07) is 8.25. The third kappa shape index (κ3) is 2.73. The number of aromatic nitrogens is 4. The first-order chi connectivity index (χ1) is 12.0. The van der Waals surface area contributed by atoms with E-state index in [9.17, 15) is 9.18 Å². The number of fused-ring (bicyclic) bond motifs is 1. The number of nitrogens with zero attached hydrogens (tertiary/aromatic N) is 3. The van der Waals surface area contributed by atoms with E-state index in [0.29, 0.717) is 22.6 Å². The lowest BCUT2D eigenvalue weighted by atomic mass is 10.0. The van der Waals surface area contributed by atoms with Crippen LogP contribution in [-0.4, -0.2) is 19.7 Å². The van der Waals surface area contributed by atoms with E-state index in [4.69, 9.17) is 4.52 Å². The van der Waals surface area contributed by atoms with Gasteiger partial charge in [0.2, 0.25) is 0 Å². The number of H-pyrrole nitrogens is 1. The molecule has 25 heavy (non-hydrogen) atoms. The van der Waals surface area contributed by atoms with Crippen LogP contribution < -0.4 is 5.69 Å². The lowest BCUT2D eigenvalue weighted by Crippen LogP contribution is -2.17. The summed E-state index contributed by atoms with van der Waals surface area (Å²) < 4.78 is 20.0. The molecule has 0 saturated heterocycles. The molecule has 7 heteroatoms. The predicted octanol–water partition coefficient (Wildman–Crippen LogP) is 3.18. The first-order valence-electron chi connectivity index (χ1n) is 7.78. The van der Waals surface area contributed by atoms with E-state index in [1.165, 1.54) is 12.1 Å². The van der Waals surface area contributed by atoms with Crippen molar-refractivity contribution in [1.82, 2.24) is 19.7 Å². The number of hydrogen-bond acceptors (Lipinski definition) is 4. The highest BCUT2D eigenvalue weighted by Crippen LogP contribution is 2.25. The molecular formula is C18H15FN4O2. The van der Waals surface area contributed by atoms with Crippen molar-refractivity contribution in [3.8, 4) is 11.1 Å². The van der Waals surface area contributed by atoms with E-state index in [2.05, 4.69) is 15.1 Å². The number of benzene rings is 1. The van der Waals surface area contributed by atoms with Gasteiger partial charge in [-0.25, -0.2) is 14.2 Å². The predicted molar refractivity (Wildman–Crippen MR) is 90.8 cm³/mol. The van der Waals surface area contributed by atoms with Gasteiger partial charge in [-0.2, -0.15) is 0 Å². The molecule has 0 amide bonds. The van der Waals surface area contributed by atoms with Gasteiger partial charge in [-0.05, 0) is 43.2 Å². The minimum absolute atomic E-state index is 0.267. The highest BCUT2D eigenvalue weighted by Gasteiger charge is 2.13. The van der Waals surface area contributed by atoms with Crippen molar-refractivity contribution in [2.75, 3.05) is 0 Å². The van der Waals surface area contributed by atoms with Crippen LogP contribution in [0.4, 0.5) is 4.39 Å². The number of halogens is 1. The summed E-state index contributed by atoms with van der Waals surface area (Å²) in [6.07, 6.45) is 1.67. The Morgan fingerprint density at radius 3 is 2.80 bits per heavy atom. The van der Waals surface area contributed by atoms with Gasteiger partial charge in [0.15, 0.2) is 5.65 Å². The Kier molecular flexibility index (Phi) is 3.49. The fraction of sp³-hybridized carbons (Fsp3) is 0.167. The number of nitrogens with one attached hydrogen (secondary N) is 1. The molecule has 0 aliphatic heterocycles. The lowest BCUT2D eigenvalue weighted by molar-refractivity contribution is 0.389. The molecule has 4 aromatic rings. The largest absolute Gasteiger partial charge is 0.361 e. The van der Waals surface area contributed by atoms with Gasteiger partial charge in [-0.15, -0.1) is 0 Å². The molecule has 0 aliphatic rings. The van der Waals surface area contributed by atoms with Gasteiger partial charge in [0, 0.05) is 17.8 Å². The van der Waals surface area contributed by atoms with Crippen LogP contribution in [0.2, 0.25) is 0 Å². The molecule has 1 N–H and O–H groups in total. The third-order valence-electron chi connectivity index (χ3n) is 4.13. The maximum atomic E-state index is 13.3. The molecule has 6 nitrogen and oxygen atoms in total. The molecule has 1 aromatic carbocycles. The minimum Gasteiger partial charge on any atom is -0.361 e. The maximum absolute atomic E-state index is 13.3. The third-order valence-corrected chi connectivity index (χ3v) is 4.13. The van der Waals surface area contributed by atoms with E-state index in [1.807, 2.05) is 13.0 Å². The van der Waals surface area contributed by atoms with E-state index in [1.54, 1.807) is 29.8 Å². The summed E-state index contributed by atoms with van der Waals surface area (Å²) in [5, 5.41) is 3.93. The Morgan fingerprint density at radius 2 is 2.08 bits per heavy atom. The number of aryl methyl sites for hydroxylation is 2. The summed E-state index contributed by atoms with van der Waals surface area (Å²) in [6.45, 7) is 3.92. The van der Waals surface area contributed by atoms with Crippen molar-refractivity contribution in [2.24, 2.45) is 0 Å². The van der Waals surface area contributed by atoms with Crippen LogP contribution in [0.5, 0.6) is 0 Å². The van der Waals surface area contributed by atoms with Crippen molar-refractivity contribution in [3.63, 3.8) is 0 Å². The SMILES string of the molecule is Cc1cc(Cn2c(=O)[nH]c3ncc(-c4ccc(F)cc4C)cc32)no1. The smallest absolute Gasteiger partial charge is 0.328 e. The van der Waals surface area contributed by atoms with Gasteiger partial charge in [0.05, 0.1) is 12.1 Å². The fourth-order valence-corrected chi connectivity index (χ4v) is 2.94. The summed E-state index contributed by atoms with van der Waals surface area (Å²) in [5.74, 6) is 0.402. The van der Waals surface area contributed by atoms with Gasteiger partial charge < -0.3 is 4.52 Å². The van der Waals surface area contributed by atoms with Crippen LogP contribution in [0, 0.1) is 19.7 Å². The number of hydrogen-bond donors (Lipinski definition) is 1. The zero-order chi connectivity index (χ0) is 17.6. The van der Waals surface area contributed by atoms with E-state index in [0.717, 1.165) is 16.7 Å². The average Bonchev–Trinajstić information content (AvgIpc) is 3.11. The number of imidazole rings is 1. The minimum atomic E-state index is -0.282. The monoisotopic (exact) mass is 338 g/mol. The molecule has 0 spiro atoms. The summed E-state index contributed by atoms with van der Waals surface area (Å²) in [7, 11) is 0. The normalized spacial score (nSPS) is 11.3. The Hall–Kier alpha value is -3.22. The Morgan fingerprint density at radius 1 is 1.24 bits per heavy atom. The number of pyridine rings is 1. The molecule has 3 aromatic heterocycles. The van der Waals surface area contributed by atoms with Crippen LogP contribution in [0.25, 0.3) is 22.3 Å². The van der Waals surface area contributed by atoms with E-state index in [-0.39, 0.29) is 18.1 Å². The summed E-state index contributed by atoms with van der Waals surface area (Å²) in [5.41, 5.74) is 4.03. The van der Waals surface area contributed by atoms with Crippen molar-refractivity contribution >= 4 is 11.2 Å². The molecule has 3 heterocycles. The highest BCUT2D eigenvalue weighted by molar-refractivity contribution is 5.79. The first-order valence-corrected chi connectivity index (χ1v) is 7.78. The zero-order valence-electron chi connectivity index (χ0n) is 13.7. The van der Waals surface area contributed by atoms with E-state index >= 15 is 0 Å². The molecule has 0 atom stereocenters. The van der Waals surface area contributed by atoms with Gasteiger partial charge in [0.25, 0.3) is 0 Å². The van der Waals surface area contributed by atoms with Crippen LogP contribution in [0.3, 0.4) is 0 Å². The quantitative estimate of drug-likeness (QED) is 0.622. The molecule has 4 rings (SSSR count). The molecule has 0 saturated carbocycles. The second kappa shape index (κ2) is 5.70. The number of aromatic amines is 1. The molecule has 0 radical (unpaired) electrons. The average molecular weight is 338 g/mol. The second-order valence-electron chi connectivity index (χ2n) is 6.00. The van der Waals surface area contributed by atoms with Crippen molar-refractivity contribution in [2.45, 2.75) is 20.4 Å². The van der Waals surface area contributed by atoms with Gasteiger partial charge in [0.1, 0.15) is 17.3 Å². The molecule has 0 aliphatic carbocycles. The Balaban J connectivity index is 1.84. The van der Waals surface area contributed by atoms with Crippen LogP contribution >= 0.6 is 0 Å². The summed E-state index contributed by atoms with van der Waals surface area (Å²) in [4.78, 5) is 19.3. The zero-order valence-corrected chi connectivity index (χ0v) is 13.7. The Labute approximate surface area is 141 Å². The molecule has 0 bridgehead atoms. The first kappa shape index (κ1) is 15.3. The topological polar surface area (TPSA) is 76.7 Å². The van der Waals surface area contributed by atoms with Gasteiger partial charge in [-0.3, -0.25) is 9.55 Å². The van der Waals surface area contributed by atoms with Crippen LogP contribution in [-0.2, 0) is 6.54 Å². The molecular weight excluding hydrogens is 323 g/mol. The fourth-order valence-electron chi connectivity index (χ4n) is 2.94. The van der Waals surface area contributed by atoms with Crippen molar-refractivity contribution in [3.05, 3.63) is 69.8 Å².